The first-order valence-corrected chi connectivity index (χ1v) is 49.1. The van der Waals surface area contributed by atoms with Gasteiger partial charge in [0.25, 0.3) is 0 Å². The Kier molecular flexibility index (Phi) is 24.8. The van der Waals surface area contributed by atoms with Crippen LogP contribution in [0.1, 0.15) is 0 Å². The molecular formula is C137H91N9. The van der Waals surface area contributed by atoms with Crippen molar-refractivity contribution in [2.24, 2.45) is 0 Å². The molecule has 0 spiro atoms. The highest BCUT2D eigenvalue weighted by Crippen LogP contribution is 2.41. The van der Waals surface area contributed by atoms with Crippen LogP contribution in [-0.4, -0.2) is 44.9 Å². The molecule has 0 aliphatic rings. The summed E-state index contributed by atoms with van der Waals surface area (Å²) in [5, 5.41) is 12.3. The molecule has 9 nitrogen and oxygen atoms in total. The van der Waals surface area contributed by atoms with Crippen LogP contribution in [0, 0.1) is 0 Å². The second kappa shape index (κ2) is 40.7. The molecule has 0 unspecified atom stereocenters. The molecule has 0 aliphatic heterocycles. The first kappa shape index (κ1) is 89.0. The molecule has 0 radical (unpaired) electrons. The minimum atomic E-state index is 0.688. The summed E-state index contributed by atoms with van der Waals surface area (Å²) in [6.07, 6.45) is 11.1. The average molecular weight is 1860 g/mol. The molecule has 684 valence electrons. The van der Waals surface area contributed by atoms with Crippen molar-refractivity contribution >= 4 is 53.9 Å². The van der Waals surface area contributed by atoms with Gasteiger partial charge in [0.1, 0.15) is 0 Å². The van der Waals surface area contributed by atoms with Gasteiger partial charge in [-0.1, -0.05) is 437 Å². The van der Waals surface area contributed by atoms with Crippen LogP contribution in [0.4, 0.5) is 0 Å². The van der Waals surface area contributed by atoms with Gasteiger partial charge >= 0.3 is 0 Å². The van der Waals surface area contributed by atoms with E-state index in [1.54, 1.807) is 18.6 Å². The summed E-state index contributed by atoms with van der Waals surface area (Å²) in [5.74, 6) is 2.07. The fraction of sp³-hybridized carbons (Fsp3) is 0. The van der Waals surface area contributed by atoms with Crippen LogP contribution in [0.5, 0.6) is 0 Å². The zero-order valence-electron chi connectivity index (χ0n) is 79.6. The third kappa shape index (κ3) is 19.5. The van der Waals surface area contributed by atoms with E-state index in [2.05, 4.69) is 506 Å². The van der Waals surface area contributed by atoms with E-state index in [1.807, 2.05) is 42.9 Å². The molecule has 9 heteroatoms. The number of hydrogen-bond donors (Lipinski definition) is 0. The highest BCUT2D eigenvalue weighted by molar-refractivity contribution is 5.98. The van der Waals surface area contributed by atoms with Crippen LogP contribution in [-0.2, 0) is 0 Å². The van der Waals surface area contributed by atoms with Crippen molar-refractivity contribution in [3.8, 4) is 202 Å². The molecule has 0 bridgehead atoms. The number of nitrogens with zero attached hydrogens (tertiary/aromatic N) is 9. The van der Waals surface area contributed by atoms with E-state index >= 15 is 0 Å². The van der Waals surface area contributed by atoms with Gasteiger partial charge in [0.15, 0.2) is 17.5 Å². The van der Waals surface area contributed by atoms with Crippen LogP contribution < -0.4 is 0 Å². The van der Waals surface area contributed by atoms with Gasteiger partial charge < -0.3 is 0 Å². The van der Waals surface area contributed by atoms with Crippen LogP contribution in [0.25, 0.3) is 256 Å². The molecule has 26 rings (SSSR count). The minimum Gasteiger partial charge on any atom is -0.264 e. The Morgan fingerprint density at radius 3 is 0.692 bits per heavy atom. The topological polar surface area (TPSA) is 116 Å². The van der Waals surface area contributed by atoms with Gasteiger partial charge in [-0.3, -0.25) is 15.0 Å². The maximum Gasteiger partial charge on any atom is 0.160 e. The van der Waals surface area contributed by atoms with Gasteiger partial charge in [-0.25, -0.2) is 29.9 Å². The fourth-order valence-corrected chi connectivity index (χ4v) is 19.3. The van der Waals surface area contributed by atoms with Crippen molar-refractivity contribution < 1.29 is 0 Å². The number of fused-ring (bicyclic) bond motifs is 5. The lowest BCUT2D eigenvalue weighted by atomic mass is 9.96. The van der Waals surface area contributed by atoms with Crippen molar-refractivity contribution in [1.82, 2.24) is 44.9 Å². The Balaban J connectivity index is 0.000000118. The lowest BCUT2D eigenvalue weighted by molar-refractivity contribution is 1.18. The summed E-state index contributed by atoms with van der Waals surface area (Å²) >= 11 is 0. The Labute approximate surface area is 847 Å². The van der Waals surface area contributed by atoms with Gasteiger partial charge in [0.2, 0.25) is 0 Å². The third-order valence-corrected chi connectivity index (χ3v) is 27.1. The van der Waals surface area contributed by atoms with Crippen LogP contribution in [0.3, 0.4) is 0 Å². The molecule has 0 saturated heterocycles. The Morgan fingerprint density at radius 2 is 0.329 bits per heavy atom. The fourth-order valence-electron chi connectivity index (χ4n) is 19.3. The second-order valence-corrected chi connectivity index (χ2v) is 36.5. The van der Waals surface area contributed by atoms with E-state index in [0.717, 1.165) is 145 Å². The van der Waals surface area contributed by atoms with E-state index in [-0.39, 0.29) is 0 Å². The Hall–Kier alpha value is -19.6. The summed E-state index contributed by atoms with van der Waals surface area (Å²) in [7, 11) is 0. The summed E-state index contributed by atoms with van der Waals surface area (Å²) in [4.78, 5) is 43.8. The van der Waals surface area contributed by atoms with Crippen molar-refractivity contribution in [2.75, 3.05) is 0 Å². The summed E-state index contributed by atoms with van der Waals surface area (Å²) in [6, 6.07) is 181. The highest BCUT2D eigenvalue weighted by atomic mass is 14.9. The average Bonchev–Trinajstić information content (AvgIpc) is 0.791. The minimum absolute atomic E-state index is 0.688. The van der Waals surface area contributed by atoms with Crippen molar-refractivity contribution in [3.05, 3.63) is 553 Å². The van der Waals surface area contributed by atoms with Crippen molar-refractivity contribution in [2.45, 2.75) is 0 Å². The molecule has 26 aromatic rings. The van der Waals surface area contributed by atoms with Gasteiger partial charge in [-0.15, -0.1) is 0 Å². The van der Waals surface area contributed by atoms with Crippen LogP contribution >= 0.6 is 0 Å². The molecule has 0 aliphatic carbocycles. The first-order valence-electron chi connectivity index (χ1n) is 49.1. The highest BCUT2D eigenvalue weighted by Gasteiger charge is 2.20. The number of pyridine rings is 3. The summed E-state index contributed by atoms with van der Waals surface area (Å²) in [6.45, 7) is 0. The number of rotatable bonds is 18. The number of aromatic nitrogens is 9. The van der Waals surface area contributed by atoms with E-state index in [0.29, 0.717) is 17.5 Å². The molecule has 0 fully saturated rings. The van der Waals surface area contributed by atoms with E-state index < -0.39 is 0 Å². The standard InChI is InChI=1S/2C47H31N3.C43H29N3/c1-3-10-36-26-40(23-19-32(36)8-1)38-12-5-14-42(28-38)46-30-45(35-21-17-34(18-22-35)44-16-7-25-48-31-44)49-47(50-46)43-15-6-13-39(29-43)41-24-20-33-9-2-4-11-37(33)27-41;1-2-10-38-28-39(26-21-32(38)8-1)33-17-22-36(23-18-33)45-30-46(37-24-19-34(20-25-37)42-14-7-27-48-31-42)50-47(49-45)41-13-5-12-40(29-41)44-16-6-11-35-9-3-4-15-43(35)44;1-2-7-30(8-3-1)32-16-23-37(24-17-32)43-45-41(28-42(46-43)36-21-14-34(15-22-36)40-11-6-26-44-29-40)35-19-12-33(13-20-35)39-25-18-31-9-4-5-10-38(31)27-39/h2*1-31H;1-29H. The summed E-state index contributed by atoms with van der Waals surface area (Å²) < 4.78 is 0. The van der Waals surface area contributed by atoms with Crippen molar-refractivity contribution in [1.29, 1.82) is 0 Å². The van der Waals surface area contributed by atoms with Crippen molar-refractivity contribution in [3.63, 3.8) is 0 Å². The lowest BCUT2D eigenvalue weighted by Crippen LogP contribution is -1.96. The molecule has 0 atom stereocenters. The van der Waals surface area contributed by atoms with Gasteiger partial charge in [-0.2, -0.15) is 0 Å². The lowest BCUT2D eigenvalue weighted by Gasteiger charge is -2.12. The van der Waals surface area contributed by atoms with Crippen LogP contribution in [0.2, 0.25) is 0 Å². The summed E-state index contributed by atoms with van der Waals surface area (Å²) in [5.41, 5.74) is 35.0. The largest absolute Gasteiger partial charge is 0.264 e. The maximum atomic E-state index is 5.21. The normalized spacial score (nSPS) is 11.2. The van der Waals surface area contributed by atoms with Gasteiger partial charge in [0.05, 0.1) is 34.2 Å². The molecule has 20 aromatic carbocycles. The van der Waals surface area contributed by atoms with E-state index in [9.17, 15) is 0 Å². The molecule has 0 N–H and O–H groups in total. The Morgan fingerprint density at radius 1 is 0.110 bits per heavy atom. The second-order valence-electron chi connectivity index (χ2n) is 36.5. The predicted octanol–water partition coefficient (Wildman–Crippen LogP) is 35.4. The molecule has 0 amide bonds. The van der Waals surface area contributed by atoms with Gasteiger partial charge in [-0.05, 0) is 233 Å². The molecular weight excluding hydrogens is 1770 g/mol. The van der Waals surface area contributed by atoms with E-state index in [1.165, 1.54) is 92.8 Å². The molecule has 6 heterocycles. The molecule has 6 aromatic heterocycles. The smallest absolute Gasteiger partial charge is 0.160 e. The van der Waals surface area contributed by atoms with Gasteiger partial charge in [0, 0.05) is 87.3 Å². The Bertz CT molecular complexity index is 8980. The number of benzene rings is 20. The quantitative estimate of drug-likeness (QED) is 0.0828. The molecule has 146 heavy (non-hydrogen) atoms. The predicted molar refractivity (Wildman–Crippen MR) is 605 cm³/mol. The monoisotopic (exact) mass is 1860 g/mol. The number of hydrogen-bond acceptors (Lipinski definition) is 9. The molecule has 0 saturated carbocycles. The SMILES string of the molecule is c1ccc(-c2ccc(-c3nc(-c4ccc(-c5cccnc5)cc4)cc(-c4ccc(-c5ccc6ccccc6c5)cc4)n3)cc2)cc1.c1cncc(-c2ccc(-c3cc(-c4ccc(-c5ccc6ccccc6c5)cc4)nc(-c4cccc(-c5cccc6ccccc56)c4)n3)cc2)c1.c1cncc(-c2ccc(-c3cc(-c4cccc(-c5ccc6ccccc6c5)c4)nc(-c4cccc(-c5ccc6ccccc6c5)c4)n3)cc2)c1. The van der Waals surface area contributed by atoms with Crippen LogP contribution in [0.15, 0.2) is 553 Å². The third-order valence-electron chi connectivity index (χ3n) is 27.1. The zero-order valence-corrected chi connectivity index (χ0v) is 79.6. The first-order chi connectivity index (χ1) is 72.2. The maximum absolute atomic E-state index is 5.21. The zero-order chi connectivity index (χ0) is 97.3. The van der Waals surface area contributed by atoms with E-state index in [4.69, 9.17) is 29.9 Å².